The number of methoxy groups -OCH3 is 1. The third kappa shape index (κ3) is 2.83. The Bertz CT molecular complexity index is 429. The van der Waals surface area contributed by atoms with E-state index in [0.29, 0.717) is 25.1 Å². The Morgan fingerprint density at radius 1 is 1.56 bits per heavy atom. The van der Waals surface area contributed by atoms with Crippen molar-refractivity contribution in [2.45, 2.75) is 12.0 Å². The number of nitrogens with zero attached hydrogens (tertiary/aromatic N) is 1. The van der Waals surface area contributed by atoms with Gasteiger partial charge in [-0.2, -0.15) is 0 Å². The molecule has 1 fully saturated rings. The Morgan fingerprint density at radius 2 is 2.33 bits per heavy atom. The lowest BCUT2D eigenvalue weighted by Crippen LogP contribution is -2.32. The van der Waals surface area contributed by atoms with Crippen molar-refractivity contribution in [1.29, 1.82) is 0 Å². The Hall–Kier alpha value is -0.680. The maximum Gasteiger partial charge on any atom is 0.124 e. The Balaban J connectivity index is 2.12. The third-order valence-electron chi connectivity index (χ3n) is 3.37. The zero-order chi connectivity index (χ0) is 13.2. The Kier molecular flexibility index (Phi) is 4.22. The molecular formula is C13H17ClFNO2. The fraction of sp³-hybridized carbons (Fsp3) is 0.538. The molecule has 0 saturated carbocycles. The predicted molar refractivity (Wildman–Crippen MR) is 68.2 cm³/mol. The van der Waals surface area contributed by atoms with E-state index < -0.39 is 5.60 Å². The van der Waals surface area contributed by atoms with Crippen LogP contribution in [0.2, 0.25) is 5.02 Å². The number of aliphatic hydroxyl groups is 1. The highest BCUT2D eigenvalue weighted by molar-refractivity contribution is 6.31. The van der Waals surface area contributed by atoms with Gasteiger partial charge in [-0.1, -0.05) is 17.7 Å². The normalized spacial score (nSPS) is 24.7. The monoisotopic (exact) mass is 273 g/mol. The summed E-state index contributed by atoms with van der Waals surface area (Å²) in [6.07, 6.45) is 0.599. The van der Waals surface area contributed by atoms with Crippen LogP contribution in [0.4, 0.5) is 4.39 Å². The van der Waals surface area contributed by atoms with E-state index in [-0.39, 0.29) is 10.8 Å². The van der Waals surface area contributed by atoms with Crippen molar-refractivity contribution in [3.8, 4) is 0 Å². The van der Waals surface area contributed by atoms with E-state index >= 15 is 0 Å². The molecule has 2 rings (SSSR count). The second kappa shape index (κ2) is 5.53. The van der Waals surface area contributed by atoms with Gasteiger partial charge in [-0.15, -0.1) is 0 Å². The molecule has 0 radical (unpaired) electrons. The van der Waals surface area contributed by atoms with E-state index in [0.717, 1.165) is 13.1 Å². The number of halogens is 2. The summed E-state index contributed by atoms with van der Waals surface area (Å²) in [6.45, 7) is 2.69. The second-order valence-corrected chi connectivity index (χ2v) is 5.08. The summed E-state index contributed by atoms with van der Waals surface area (Å²) in [5.74, 6) is -0.387. The minimum absolute atomic E-state index is 0.283. The molecule has 1 aromatic rings. The molecule has 1 atom stereocenters. The fourth-order valence-corrected chi connectivity index (χ4v) is 2.71. The molecule has 3 nitrogen and oxygen atoms in total. The Morgan fingerprint density at radius 3 is 3.00 bits per heavy atom. The summed E-state index contributed by atoms with van der Waals surface area (Å²) in [5.41, 5.74) is -0.385. The lowest BCUT2D eigenvalue weighted by molar-refractivity contribution is 0.0429. The van der Waals surface area contributed by atoms with Gasteiger partial charge >= 0.3 is 0 Å². The van der Waals surface area contributed by atoms with Gasteiger partial charge in [-0.25, -0.2) is 4.39 Å². The van der Waals surface area contributed by atoms with E-state index in [1.165, 1.54) is 12.1 Å². The topological polar surface area (TPSA) is 32.7 Å². The van der Waals surface area contributed by atoms with Crippen molar-refractivity contribution in [3.05, 3.63) is 34.6 Å². The zero-order valence-electron chi connectivity index (χ0n) is 10.3. The zero-order valence-corrected chi connectivity index (χ0v) is 11.1. The first-order valence-electron chi connectivity index (χ1n) is 5.94. The van der Waals surface area contributed by atoms with Crippen LogP contribution in [0.15, 0.2) is 18.2 Å². The highest BCUT2D eigenvalue weighted by Gasteiger charge is 2.38. The van der Waals surface area contributed by atoms with E-state index in [1.807, 2.05) is 0 Å². The van der Waals surface area contributed by atoms with Crippen molar-refractivity contribution in [2.75, 3.05) is 33.4 Å². The lowest BCUT2D eigenvalue weighted by Gasteiger charge is -2.25. The van der Waals surface area contributed by atoms with Crippen molar-refractivity contribution in [3.63, 3.8) is 0 Å². The van der Waals surface area contributed by atoms with Gasteiger partial charge in [-0.05, 0) is 18.6 Å². The summed E-state index contributed by atoms with van der Waals surface area (Å²) in [5, 5.41) is 10.9. The lowest BCUT2D eigenvalue weighted by atomic mass is 9.93. The van der Waals surface area contributed by atoms with E-state index in [4.69, 9.17) is 16.3 Å². The molecule has 1 aromatic carbocycles. The van der Waals surface area contributed by atoms with Crippen LogP contribution in [-0.2, 0) is 10.3 Å². The van der Waals surface area contributed by atoms with Crippen LogP contribution in [0.1, 0.15) is 12.0 Å². The molecule has 0 aromatic heterocycles. The Labute approximate surface area is 111 Å². The van der Waals surface area contributed by atoms with E-state index in [1.54, 1.807) is 13.2 Å². The van der Waals surface area contributed by atoms with Crippen molar-refractivity contribution in [1.82, 2.24) is 4.90 Å². The SMILES string of the molecule is COCCN1CCC(O)(c2ccc(F)cc2Cl)C1. The molecule has 5 heteroatoms. The van der Waals surface area contributed by atoms with Gasteiger partial charge < -0.3 is 9.84 Å². The number of ether oxygens (including phenoxy) is 1. The van der Waals surface area contributed by atoms with Crippen LogP contribution in [0.25, 0.3) is 0 Å². The van der Waals surface area contributed by atoms with E-state index in [9.17, 15) is 9.50 Å². The van der Waals surface area contributed by atoms with Gasteiger partial charge in [0.2, 0.25) is 0 Å². The third-order valence-corrected chi connectivity index (χ3v) is 3.68. The molecule has 18 heavy (non-hydrogen) atoms. The van der Waals surface area contributed by atoms with Crippen molar-refractivity contribution >= 4 is 11.6 Å². The maximum atomic E-state index is 13.0. The largest absolute Gasteiger partial charge is 0.384 e. The molecule has 0 spiro atoms. The van der Waals surface area contributed by atoms with Gasteiger partial charge in [0.25, 0.3) is 0 Å². The molecule has 1 aliphatic rings. The average molecular weight is 274 g/mol. The minimum atomic E-state index is -0.988. The molecule has 100 valence electrons. The smallest absolute Gasteiger partial charge is 0.124 e. The molecule has 0 aliphatic carbocycles. The van der Waals surface area contributed by atoms with Gasteiger partial charge in [-0.3, -0.25) is 4.90 Å². The summed E-state index contributed by atoms with van der Waals surface area (Å²) in [6, 6.07) is 4.14. The van der Waals surface area contributed by atoms with E-state index in [2.05, 4.69) is 4.90 Å². The maximum absolute atomic E-state index is 13.0. The molecule has 1 aliphatic heterocycles. The molecule has 1 saturated heterocycles. The predicted octanol–water partition coefficient (Wildman–Crippen LogP) is 2.02. The van der Waals surface area contributed by atoms with Crippen LogP contribution in [0.5, 0.6) is 0 Å². The van der Waals surface area contributed by atoms with Gasteiger partial charge in [0.05, 0.1) is 6.61 Å². The second-order valence-electron chi connectivity index (χ2n) is 4.67. The van der Waals surface area contributed by atoms with Crippen molar-refractivity contribution in [2.24, 2.45) is 0 Å². The molecule has 1 unspecified atom stereocenters. The first-order valence-corrected chi connectivity index (χ1v) is 6.32. The standard InChI is InChI=1S/C13H17ClFNO2/c1-18-7-6-16-5-4-13(17,9-16)11-3-2-10(15)8-12(11)14/h2-3,8,17H,4-7,9H2,1H3. The number of hydrogen-bond donors (Lipinski definition) is 1. The van der Waals surface area contributed by atoms with Crippen LogP contribution < -0.4 is 0 Å². The molecule has 0 amide bonds. The van der Waals surface area contributed by atoms with Crippen LogP contribution in [-0.4, -0.2) is 43.4 Å². The van der Waals surface area contributed by atoms with Gasteiger partial charge in [0.15, 0.2) is 0 Å². The number of rotatable bonds is 4. The average Bonchev–Trinajstić information content (AvgIpc) is 2.69. The first-order chi connectivity index (χ1) is 8.55. The fourth-order valence-electron chi connectivity index (χ4n) is 2.37. The first kappa shape index (κ1) is 13.7. The molecule has 1 heterocycles. The van der Waals surface area contributed by atoms with Gasteiger partial charge in [0.1, 0.15) is 11.4 Å². The number of hydrogen-bond acceptors (Lipinski definition) is 3. The number of benzene rings is 1. The highest BCUT2D eigenvalue weighted by Crippen LogP contribution is 2.36. The van der Waals surface area contributed by atoms with Crippen LogP contribution in [0.3, 0.4) is 0 Å². The van der Waals surface area contributed by atoms with Crippen molar-refractivity contribution < 1.29 is 14.2 Å². The van der Waals surface area contributed by atoms with Crippen LogP contribution in [0, 0.1) is 5.82 Å². The number of likely N-dealkylation sites (tertiary alicyclic amines) is 1. The highest BCUT2D eigenvalue weighted by atomic mass is 35.5. The summed E-state index contributed by atoms with van der Waals surface area (Å²) >= 11 is 6.01. The summed E-state index contributed by atoms with van der Waals surface area (Å²) in [7, 11) is 1.65. The summed E-state index contributed by atoms with van der Waals surface area (Å²) < 4.78 is 18.0. The molecule has 1 N–H and O–H groups in total. The van der Waals surface area contributed by atoms with Gasteiger partial charge in [0, 0.05) is 37.3 Å². The number of β-amino-alcohol motifs (C(OH)–C–C–N with tert-alkyl or cyclic N) is 1. The minimum Gasteiger partial charge on any atom is -0.384 e. The quantitative estimate of drug-likeness (QED) is 0.911. The molecule has 0 bridgehead atoms. The van der Waals surface area contributed by atoms with Crippen LogP contribution >= 0.6 is 11.6 Å². The molecular weight excluding hydrogens is 257 g/mol. The summed E-state index contributed by atoms with van der Waals surface area (Å²) in [4.78, 5) is 2.11.